The lowest BCUT2D eigenvalue weighted by molar-refractivity contribution is 0.102. The molecule has 1 amide bonds. The van der Waals surface area contributed by atoms with Crippen molar-refractivity contribution in [3.05, 3.63) is 47.7 Å². The van der Waals surface area contributed by atoms with Gasteiger partial charge in [-0.15, -0.1) is 10.2 Å². The van der Waals surface area contributed by atoms with Gasteiger partial charge in [-0.2, -0.15) is 5.26 Å². The maximum absolute atomic E-state index is 12.2. The van der Waals surface area contributed by atoms with Crippen LogP contribution in [0.5, 0.6) is 0 Å². The molecule has 0 unspecified atom stereocenters. The van der Waals surface area contributed by atoms with Gasteiger partial charge in [0.05, 0.1) is 11.6 Å². The van der Waals surface area contributed by atoms with Crippen LogP contribution in [0.2, 0.25) is 0 Å². The van der Waals surface area contributed by atoms with Crippen molar-refractivity contribution in [3.63, 3.8) is 0 Å². The number of rotatable bonds is 4. The summed E-state index contributed by atoms with van der Waals surface area (Å²) in [6, 6.07) is 12.7. The predicted molar refractivity (Wildman–Crippen MR) is 91.6 cm³/mol. The fourth-order valence-electron chi connectivity index (χ4n) is 2.85. The Hall–Kier alpha value is -2.94. The Morgan fingerprint density at radius 3 is 2.67 bits per heavy atom. The van der Waals surface area contributed by atoms with Crippen molar-refractivity contribution in [3.8, 4) is 6.07 Å². The van der Waals surface area contributed by atoms with Gasteiger partial charge >= 0.3 is 0 Å². The molecule has 0 radical (unpaired) electrons. The third kappa shape index (κ3) is 4.07. The van der Waals surface area contributed by atoms with Crippen LogP contribution in [-0.4, -0.2) is 22.1 Å². The molecule has 0 spiro atoms. The molecule has 6 heteroatoms. The molecule has 2 aromatic rings. The Morgan fingerprint density at radius 1 is 1.12 bits per heavy atom. The number of benzene rings is 1. The molecule has 1 aromatic carbocycles. The SMILES string of the molecule is N#Cc1cccc(NC(=O)c2ccc(NC3CCCCC3)nn2)c1. The molecular weight excluding hydrogens is 302 g/mol. The van der Waals surface area contributed by atoms with Crippen molar-refractivity contribution in [2.24, 2.45) is 0 Å². The molecule has 122 valence electrons. The summed E-state index contributed by atoms with van der Waals surface area (Å²) in [4.78, 5) is 12.2. The number of hydrogen-bond acceptors (Lipinski definition) is 5. The highest BCUT2D eigenvalue weighted by Crippen LogP contribution is 2.20. The average molecular weight is 321 g/mol. The first kappa shape index (κ1) is 15.9. The van der Waals surface area contributed by atoms with Gasteiger partial charge in [0, 0.05) is 11.7 Å². The van der Waals surface area contributed by atoms with Gasteiger partial charge in [-0.25, -0.2) is 0 Å². The number of hydrogen-bond donors (Lipinski definition) is 2. The molecule has 0 atom stereocenters. The number of nitriles is 1. The highest BCUT2D eigenvalue weighted by molar-refractivity contribution is 6.02. The van der Waals surface area contributed by atoms with E-state index in [0.29, 0.717) is 23.1 Å². The van der Waals surface area contributed by atoms with Crippen LogP contribution in [0.15, 0.2) is 36.4 Å². The first-order valence-electron chi connectivity index (χ1n) is 8.16. The molecule has 24 heavy (non-hydrogen) atoms. The molecule has 0 bridgehead atoms. The third-order valence-corrected chi connectivity index (χ3v) is 4.10. The zero-order valence-electron chi connectivity index (χ0n) is 13.3. The summed E-state index contributed by atoms with van der Waals surface area (Å²) in [6.07, 6.45) is 6.09. The average Bonchev–Trinajstić information content (AvgIpc) is 2.63. The first-order chi connectivity index (χ1) is 11.7. The molecule has 2 N–H and O–H groups in total. The topological polar surface area (TPSA) is 90.7 Å². The van der Waals surface area contributed by atoms with E-state index in [2.05, 4.69) is 20.8 Å². The molecule has 1 fully saturated rings. The Labute approximate surface area is 140 Å². The number of nitrogens with zero attached hydrogens (tertiary/aromatic N) is 3. The van der Waals surface area contributed by atoms with Crippen molar-refractivity contribution in [1.82, 2.24) is 10.2 Å². The molecule has 0 saturated heterocycles. The Balaban J connectivity index is 1.62. The number of amides is 1. The molecule has 1 aliphatic carbocycles. The van der Waals surface area contributed by atoms with E-state index in [1.54, 1.807) is 36.4 Å². The van der Waals surface area contributed by atoms with Gasteiger partial charge in [-0.05, 0) is 43.2 Å². The predicted octanol–water partition coefficient (Wildman–Crippen LogP) is 3.35. The fraction of sp³-hybridized carbons (Fsp3) is 0.333. The number of carbonyl (C=O) groups is 1. The van der Waals surface area contributed by atoms with Crippen molar-refractivity contribution in [1.29, 1.82) is 5.26 Å². The summed E-state index contributed by atoms with van der Waals surface area (Å²) in [5, 5.41) is 23.1. The lowest BCUT2D eigenvalue weighted by atomic mass is 9.95. The van der Waals surface area contributed by atoms with Crippen LogP contribution in [0.1, 0.15) is 48.2 Å². The maximum Gasteiger partial charge on any atom is 0.276 e. The molecular formula is C18H19N5O. The van der Waals surface area contributed by atoms with Gasteiger partial charge in [0.25, 0.3) is 5.91 Å². The summed E-state index contributed by atoms with van der Waals surface area (Å²) >= 11 is 0. The van der Waals surface area contributed by atoms with E-state index in [4.69, 9.17) is 5.26 Å². The van der Waals surface area contributed by atoms with E-state index < -0.39 is 0 Å². The Morgan fingerprint density at radius 2 is 1.96 bits per heavy atom. The zero-order valence-corrected chi connectivity index (χ0v) is 13.3. The van der Waals surface area contributed by atoms with Gasteiger partial charge in [-0.1, -0.05) is 25.3 Å². The minimum Gasteiger partial charge on any atom is -0.366 e. The molecule has 1 aliphatic rings. The number of anilines is 2. The van der Waals surface area contributed by atoms with Crippen LogP contribution in [-0.2, 0) is 0 Å². The quantitative estimate of drug-likeness (QED) is 0.901. The van der Waals surface area contributed by atoms with Gasteiger partial charge in [0.2, 0.25) is 0 Å². The zero-order chi connectivity index (χ0) is 16.8. The van der Waals surface area contributed by atoms with E-state index >= 15 is 0 Å². The van der Waals surface area contributed by atoms with Crippen molar-refractivity contribution in [2.45, 2.75) is 38.1 Å². The summed E-state index contributed by atoms with van der Waals surface area (Å²) < 4.78 is 0. The molecule has 1 saturated carbocycles. The third-order valence-electron chi connectivity index (χ3n) is 4.10. The number of nitrogens with one attached hydrogen (secondary N) is 2. The van der Waals surface area contributed by atoms with Gasteiger partial charge < -0.3 is 10.6 Å². The summed E-state index contributed by atoms with van der Waals surface area (Å²) in [6.45, 7) is 0. The van der Waals surface area contributed by atoms with E-state index in [0.717, 1.165) is 12.8 Å². The smallest absolute Gasteiger partial charge is 0.276 e. The largest absolute Gasteiger partial charge is 0.366 e. The molecule has 1 aromatic heterocycles. The molecule has 3 rings (SSSR count). The van der Waals surface area contributed by atoms with Gasteiger partial charge in [-0.3, -0.25) is 4.79 Å². The lowest BCUT2D eigenvalue weighted by Gasteiger charge is -2.22. The second-order valence-electron chi connectivity index (χ2n) is 5.93. The van der Waals surface area contributed by atoms with Crippen molar-refractivity contribution in [2.75, 3.05) is 10.6 Å². The number of carbonyl (C=O) groups excluding carboxylic acids is 1. The first-order valence-corrected chi connectivity index (χ1v) is 8.16. The second-order valence-corrected chi connectivity index (χ2v) is 5.93. The highest BCUT2D eigenvalue weighted by atomic mass is 16.1. The van der Waals surface area contributed by atoms with Crippen LogP contribution in [0.25, 0.3) is 0 Å². The van der Waals surface area contributed by atoms with Gasteiger partial charge in [0.15, 0.2) is 5.69 Å². The van der Waals surface area contributed by atoms with Crippen LogP contribution in [0, 0.1) is 11.3 Å². The van der Waals surface area contributed by atoms with Crippen molar-refractivity contribution < 1.29 is 4.79 Å². The molecule has 0 aliphatic heterocycles. The fourth-order valence-corrected chi connectivity index (χ4v) is 2.85. The van der Waals surface area contributed by atoms with E-state index in [1.807, 2.05) is 6.07 Å². The molecule has 1 heterocycles. The monoisotopic (exact) mass is 321 g/mol. The second kappa shape index (κ2) is 7.55. The Bertz CT molecular complexity index is 745. The minimum absolute atomic E-state index is 0.242. The Kier molecular flexibility index (Phi) is 5.02. The maximum atomic E-state index is 12.2. The van der Waals surface area contributed by atoms with Crippen molar-refractivity contribution >= 4 is 17.4 Å². The molecule has 6 nitrogen and oxygen atoms in total. The van der Waals surface area contributed by atoms with Crippen LogP contribution < -0.4 is 10.6 Å². The van der Waals surface area contributed by atoms with Gasteiger partial charge in [0.1, 0.15) is 5.82 Å². The van der Waals surface area contributed by atoms with Crippen LogP contribution in [0.3, 0.4) is 0 Å². The van der Waals surface area contributed by atoms with E-state index in [9.17, 15) is 4.79 Å². The van der Waals surface area contributed by atoms with Crippen LogP contribution in [0.4, 0.5) is 11.5 Å². The minimum atomic E-state index is -0.346. The summed E-state index contributed by atoms with van der Waals surface area (Å²) in [7, 11) is 0. The van der Waals surface area contributed by atoms with E-state index in [-0.39, 0.29) is 11.6 Å². The lowest BCUT2D eigenvalue weighted by Crippen LogP contribution is -2.23. The summed E-state index contributed by atoms with van der Waals surface area (Å²) in [5.74, 6) is 0.353. The standard InChI is InChI=1S/C18H19N5O/c19-12-13-5-4-8-15(11-13)21-18(24)16-9-10-17(23-22-16)20-14-6-2-1-3-7-14/h4-5,8-11,14H,1-3,6-7H2,(H,20,23)(H,21,24). The van der Waals surface area contributed by atoms with Crippen LogP contribution >= 0.6 is 0 Å². The van der Waals surface area contributed by atoms with E-state index in [1.165, 1.54) is 19.3 Å². The number of aromatic nitrogens is 2. The normalized spacial score (nSPS) is 14.6. The summed E-state index contributed by atoms with van der Waals surface area (Å²) in [5.41, 5.74) is 1.29. The highest BCUT2D eigenvalue weighted by Gasteiger charge is 2.14.